The molecule has 0 saturated heterocycles. The zero-order valence-corrected chi connectivity index (χ0v) is 10.2. The van der Waals surface area contributed by atoms with Crippen LogP contribution in [0.25, 0.3) is 0 Å². The van der Waals surface area contributed by atoms with Crippen molar-refractivity contribution in [2.45, 2.75) is 46.6 Å². The van der Waals surface area contributed by atoms with Crippen molar-refractivity contribution in [2.75, 3.05) is 6.54 Å². The second-order valence-electron chi connectivity index (χ2n) is 5.53. The number of hydrogen-bond acceptors (Lipinski definition) is 3. The molecular weight excluding hydrogens is 190 g/mol. The average Bonchev–Trinajstić information content (AvgIpc) is 2.53. The molecule has 0 spiro atoms. The van der Waals surface area contributed by atoms with Gasteiger partial charge < -0.3 is 16.3 Å². The first kappa shape index (κ1) is 12.3. The summed E-state index contributed by atoms with van der Waals surface area (Å²) in [6.07, 6.45) is 1.57. The molecule has 0 unspecified atom stereocenters. The Hall–Kier alpha value is -0.770. The molecular formula is C11H23N3O. The van der Waals surface area contributed by atoms with Crippen LogP contribution >= 0.6 is 0 Å². The minimum absolute atomic E-state index is 0.311. The van der Waals surface area contributed by atoms with Crippen molar-refractivity contribution in [1.29, 1.82) is 0 Å². The van der Waals surface area contributed by atoms with Gasteiger partial charge in [0.2, 0.25) is 0 Å². The van der Waals surface area contributed by atoms with E-state index in [1.165, 1.54) is 0 Å². The molecule has 0 aromatic rings. The van der Waals surface area contributed by atoms with E-state index in [1.807, 2.05) is 0 Å². The van der Waals surface area contributed by atoms with E-state index in [0.29, 0.717) is 29.1 Å². The van der Waals surface area contributed by atoms with Crippen LogP contribution < -0.4 is 11.1 Å². The zero-order chi connectivity index (χ0) is 11.7. The number of hydrogen-bond donors (Lipinski definition) is 3. The number of nitrogens with one attached hydrogen (secondary N) is 1. The highest BCUT2D eigenvalue weighted by atomic mass is 16.4. The lowest BCUT2D eigenvalue weighted by Crippen LogP contribution is -2.24. The largest absolute Gasteiger partial charge is 0.409 e. The molecule has 1 aliphatic carbocycles. The van der Waals surface area contributed by atoms with Crippen LogP contribution in [0, 0.1) is 10.8 Å². The van der Waals surface area contributed by atoms with Crippen LogP contribution in [0.1, 0.15) is 40.5 Å². The molecule has 0 heterocycles. The van der Waals surface area contributed by atoms with E-state index in [0.717, 1.165) is 13.0 Å². The normalized spacial score (nSPS) is 24.1. The van der Waals surface area contributed by atoms with Crippen LogP contribution in [0.3, 0.4) is 0 Å². The standard InChI is InChI=1S/C11H23N3O/c1-10(2)9(11(10,3)4)13-7-5-6-8(12)14-15/h9,13,15H,5-7H2,1-4H3,(H2,12,14). The lowest BCUT2D eigenvalue weighted by Gasteiger charge is -2.05. The Kier molecular flexibility index (Phi) is 3.28. The molecule has 0 amide bonds. The van der Waals surface area contributed by atoms with Crippen molar-refractivity contribution >= 4 is 5.84 Å². The Bertz CT molecular complexity index is 245. The first-order valence-electron chi connectivity index (χ1n) is 5.54. The predicted molar refractivity (Wildman–Crippen MR) is 62.0 cm³/mol. The first-order valence-corrected chi connectivity index (χ1v) is 5.54. The number of amidine groups is 1. The number of rotatable bonds is 5. The molecule has 4 nitrogen and oxygen atoms in total. The number of nitrogens with zero attached hydrogens (tertiary/aromatic N) is 1. The van der Waals surface area contributed by atoms with Crippen molar-refractivity contribution in [3.63, 3.8) is 0 Å². The van der Waals surface area contributed by atoms with Gasteiger partial charge in [-0.15, -0.1) is 0 Å². The van der Waals surface area contributed by atoms with Gasteiger partial charge in [0.25, 0.3) is 0 Å². The summed E-state index contributed by atoms with van der Waals surface area (Å²) in [6, 6.07) is 0.581. The van der Waals surface area contributed by atoms with Crippen molar-refractivity contribution < 1.29 is 5.21 Å². The molecule has 0 aromatic carbocycles. The van der Waals surface area contributed by atoms with Crippen molar-refractivity contribution in [3.05, 3.63) is 0 Å². The van der Waals surface area contributed by atoms with Crippen LogP contribution in [0.5, 0.6) is 0 Å². The van der Waals surface area contributed by atoms with Crippen molar-refractivity contribution in [2.24, 2.45) is 21.7 Å². The van der Waals surface area contributed by atoms with Gasteiger partial charge in [-0.25, -0.2) is 0 Å². The van der Waals surface area contributed by atoms with E-state index in [4.69, 9.17) is 10.9 Å². The fraction of sp³-hybridized carbons (Fsp3) is 0.909. The molecule has 0 atom stereocenters. The highest BCUT2D eigenvalue weighted by molar-refractivity contribution is 5.79. The van der Waals surface area contributed by atoms with Crippen molar-refractivity contribution in [3.8, 4) is 0 Å². The Morgan fingerprint density at radius 1 is 1.33 bits per heavy atom. The van der Waals surface area contributed by atoms with Gasteiger partial charge in [-0.2, -0.15) is 0 Å². The lowest BCUT2D eigenvalue weighted by atomic mass is 10.0. The van der Waals surface area contributed by atoms with E-state index in [2.05, 4.69) is 38.2 Å². The van der Waals surface area contributed by atoms with E-state index >= 15 is 0 Å². The van der Waals surface area contributed by atoms with E-state index in [1.54, 1.807) is 0 Å². The molecule has 1 rings (SSSR count). The molecule has 15 heavy (non-hydrogen) atoms. The van der Waals surface area contributed by atoms with Crippen LogP contribution in [0.4, 0.5) is 0 Å². The van der Waals surface area contributed by atoms with E-state index < -0.39 is 0 Å². The van der Waals surface area contributed by atoms with Gasteiger partial charge in [0.15, 0.2) is 0 Å². The number of nitrogens with two attached hydrogens (primary N) is 1. The highest BCUT2D eigenvalue weighted by Gasteiger charge is 2.64. The van der Waals surface area contributed by atoms with Gasteiger partial charge in [-0.3, -0.25) is 0 Å². The number of oxime groups is 1. The molecule has 88 valence electrons. The van der Waals surface area contributed by atoms with Gasteiger partial charge in [0.05, 0.1) is 0 Å². The van der Waals surface area contributed by atoms with Crippen LogP contribution in [-0.4, -0.2) is 23.6 Å². The average molecular weight is 213 g/mol. The first-order chi connectivity index (χ1) is 6.84. The maximum Gasteiger partial charge on any atom is 0.139 e. The molecule has 1 saturated carbocycles. The zero-order valence-electron chi connectivity index (χ0n) is 10.2. The third-order valence-corrected chi connectivity index (χ3v) is 4.11. The minimum Gasteiger partial charge on any atom is -0.409 e. The quantitative estimate of drug-likeness (QED) is 0.213. The molecule has 1 aliphatic rings. The molecule has 0 bridgehead atoms. The van der Waals surface area contributed by atoms with Gasteiger partial charge >= 0.3 is 0 Å². The topological polar surface area (TPSA) is 70.6 Å². The third kappa shape index (κ3) is 2.25. The van der Waals surface area contributed by atoms with Crippen LogP contribution in [0.2, 0.25) is 0 Å². The lowest BCUT2D eigenvalue weighted by molar-refractivity contribution is 0.316. The fourth-order valence-electron chi connectivity index (χ4n) is 2.27. The van der Waals surface area contributed by atoms with Crippen LogP contribution in [-0.2, 0) is 0 Å². The summed E-state index contributed by atoms with van der Waals surface area (Å²) < 4.78 is 0. The second kappa shape index (κ2) is 4.00. The monoisotopic (exact) mass is 213 g/mol. The Labute approximate surface area is 91.9 Å². The minimum atomic E-state index is 0.311. The third-order valence-electron chi connectivity index (χ3n) is 4.11. The summed E-state index contributed by atoms with van der Waals surface area (Å²) in [4.78, 5) is 0. The van der Waals surface area contributed by atoms with Gasteiger partial charge in [-0.1, -0.05) is 32.9 Å². The van der Waals surface area contributed by atoms with Gasteiger partial charge in [0.1, 0.15) is 5.84 Å². The maximum absolute atomic E-state index is 8.36. The Balaban J connectivity index is 2.19. The molecule has 4 heteroatoms. The van der Waals surface area contributed by atoms with E-state index in [9.17, 15) is 0 Å². The Morgan fingerprint density at radius 3 is 2.27 bits per heavy atom. The van der Waals surface area contributed by atoms with Crippen molar-refractivity contribution in [1.82, 2.24) is 5.32 Å². The summed E-state index contributed by atoms with van der Waals surface area (Å²) in [5.41, 5.74) is 6.14. The summed E-state index contributed by atoms with van der Waals surface area (Å²) >= 11 is 0. The van der Waals surface area contributed by atoms with E-state index in [-0.39, 0.29) is 0 Å². The summed E-state index contributed by atoms with van der Waals surface area (Å²) in [6.45, 7) is 10.1. The van der Waals surface area contributed by atoms with Crippen LogP contribution in [0.15, 0.2) is 5.16 Å². The summed E-state index contributed by atoms with van der Waals surface area (Å²) in [7, 11) is 0. The second-order valence-corrected chi connectivity index (χ2v) is 5.53. The molecule has 0 radical (unpaired) electrons. The smallest absolute Gasteiger partial charge is 0.139 e. The predicted octanol–water partition coefficient (Wildman–Crippen LogP) is 1.54. The fourth-order valence-corrected chi connectivity index (χ4v) is 2.27. The maximum atomic E-state index is 8.36. The Morgan fingerprint density at radius 2 is 1.87 bits per heavy atom. The molecule has 0 aromatic heterocycles. The van der Waals surface area contributed by atoms with Gasteiger partial charge in [0, 0.05) is 12.5 Å². The van der Waals surface area contributed by atoms with Gasteiger partial charge in [-0.05, 0) is 23.8 Å². The SMILES string of the molecule is CC1(C)C(NCCCC(N)=NO)C1(C)C. The summed E-state index contributed by atoms with van der Waals surface area (Å²) in [5, 5.41) is 14.8. The molecule has 1 fully saturated rings. The summed E-state index contributed by atoms with van der Waals surface area (Å²) in [5.74, 6) is 0.311. The molecule has 0 aliphatic heterocycles. The molecule has 4 N–H and O–H groups in total. The highest BCUT2D eigenvalue weighted by Crippen LogP contribution is 2.62.